The molecule has 210 valence electrons. The summed E-state index contributed by atoms with van der Waals surface area (Å²) in [7, 11) is 0. The Morgan fingerprint density at radius 3 is 2.66 bits per heavy atom. The number of fused-ring (bicyclic) bond motifs is 1. The Kier molecular flexibility index (Phi) is 8.90. The van der Waals surface area contributed by atoms with Gasteiger partial charge in [-0.15, -0.1) is 0 Å². The molecule has 5 nitrogen and oxygen atoms in total. The van der Waals surface area contributed by atoms with Gasteiger partial charge in [0.05, 0.1) is 16.4 Å². The zero-order valence-electron chi connectivity index (χ0n) is 24.0. The van der Waals surface area contributed by atoms with Gasteiger partial charge in [-0.05, 0) is 106 Å². The molecule has 1 aliphatic heterocycles. The number of aromatic amines is 2. The predicted molar refractivity (Wildman–Crippen MR) is 169 cm³/mol. The van der Waals surface area contributed by atoms with E-state index < -0.39 is 0 Å². The standard InChI is InChI=1S/C35H38FN5/c1-5-25(13-12-20-41-18-8-9-19-41)22-26(6-2)24(4)21-30-31(7-3)39-40-34(30)35-37-32-17-11-16-29(33(32)38-35)27-14-10-15-28(36)23-27/h5-7,10-11,14-17,21-23,39H,1,4,8-9,12-13,18-20H2,2-3H3,(H,37,38)/b25-22+,26-6+,30-21+,31-7+. The second-order valence-electron chi connectivity index (χ2n) is 10.5. The maximum absolute atomic E-state index is 14.0. The van der Waals surface area contributed by atoms with Gasteiger partial charge in [0.15, 0.2) is 5.82 Å². The smallest absolute Gasteiger partial charge is 0.159 e. The summed E-state index contributed by atoms with van der Waals surface area (Å²) in [5.74, 6) is 0.361. The molecule has 0 saturated carbocycles. The lowest BCUT2D eigenvalue weighted by Crippen LogP contribution is -2.24. The normalized spacial score (nSPS) is 15.8. The highest BCUT2D eigenvalue weighted by molar-refractivity contribution is 5.93. The Morgan fingerprint density at radius 1 is 1.12 bits per heavy atom. The second-order valence-corrected chi connectivity index (χ2v) is 10.5. The van der Waals surface area contributed by atoms with Crippen molar-refractivity contribution in [1.82, 2.24) is 25.1 Å². The number of allylic oxidation sites excluding steroid dienone is 6. The van der Waals surface area contributed by atoms with Crippen LogP contribution in [0.1, 0.15) is 39.5 Å². The number of para-hydroxylation sites is 1. The van der Waals surface area contributed by atoms with Crippen molar-refractivity contribution in [2.45, 2.75) is 39.5 Å². The van der Waals surface area contributed by atoms with Crippen LogP contribution >= 0.6 is 0 Å². The van der Waals surface area contributed by atoms with E-state index in [1.807, 2.05) is 50.3 Å². The van der Waals surface area contributed by atoms with Gasteiger partial charge in [-0.2, -0.15) is 5.10 Å². The summed E-state index contributed by atoms with van der Waals surface area (Å²) in [5.41, 5.74) is 7.12. The highest BCUT2D eigenvalue weighted by Gasteiger charge is 2.15. The summed E-state index contributed by atoms with van der Waals surface area (Å²) in [6.07, 6.45) is 15.0. The average molecular weight is 548 g/mol. The van der Waals surface area contributed by atoms with E-state index in [1.165, 1.54) is 43.6 Å². The van der Waals surface area contributed by atoms with Gasteiger partial charge in [-0.1, -0.05) is 61.7 Å². The molecule has 0 spiro atoms. The second kappa shape index (κ2) is 12.9. The minimum absolute atomic E-state index is 0.277. The van der Waals surface area contributed by atoms with Crippen LogP contribution in [-0.4, -0.2) is 44.7 Å². The van der Waals surface area contributed by atoms with Crippen molar-refractivity contribution in [3.63, 3.8) is 0 Å². The number of nitrogens with zero attached hydrogens (tertiary/aromatic N) is 3. The minimum Gasteiger partial charge on any atom is -0.337 e. The fourth-order valence-electron chi connectivity index (χ4n) is 5.51. The third-order valence-corrected chi connectivity index (χ3v) is 7.74. The Labute approximate surface area is 241 Å². The van der Waals surface area contributed by atoms with Gasteiger partial charge in [0.2, 0.25) is 0 Å². The van der Waals surface area contributed by atoms with Crippen LogP contribution in [0.25, 0.3) is 45.8 Å². The first kappa shape index (κ1) is 28.2. The number of nitrogens with one attached hydrogen (secondary N) is 2. The molecule has 1 fully saturated rings. The Hall–Kier alpha value is -4.29. The van der Waals surface area contributed by atoms with E-state index in [-0.39, 0.29) is 5.82 Å². The highest BCUT2D eigenvalue weighted by Crippen LogP contribution is 2.29. The number of imidazole rings is 1. The molecule has 4 aromatic rings. The third-order valence-electron chi connectivity index (χ3n) is 7.74. The van der Waals surface area contributed by atoms with Crippen LogP contribution < -0.4 is 10.6 Å². The van der Waals surface area contributed by atoms with E-state index >= 15 is 0 Å². The molecule has 0 amide bonds. The van der Waals surface area contributed by atoms with Crippen molar-refractivity contribution in [3.8, 4) is 22.6 Å². The predicted octanol–water partition coefficient (Wildman–Crippen LogP) is 6.83. The van der Waals surface area contributed by atoms with Crippen molar-refractivity contribution in [1.29, 1.82) is 0 Å². The summed E-state index contributed by atoms with van der Waals surface area (Å²) in [4.78, 5) is 10.9. The van der Waals surface area contributed by atoms with Gasteiger partial charge in [-0.3, -0.25) is 5.10 Å². The van der Waals surface area contributed by atoms with Crippen molar-refractivity contribution in [3.05, 3.63) is 107 Å². The van der Waals surface area contributed by atoms with Crippen LogP contribution in [0.5, 0.6) is 0 Å². The van der Waals surface area contributed by atoms with Gasteiger partial charge >= 0.3 is 0 Å². The number of hydrogen-bond acceptors (Lipinski definition) is 3. The summed E-state index contributed by atoms with van der Waals surface area (Å²) in [6.45, 7) is 16.1. The van der Waals surface area contributed by atoms with Gasteiger partial charge in [-0.25, -0.2) is 9.37 Å². The monoisotopic (exact) mass is 547 g/mol. The summed E-state index contributed by atoms with van der Waals surface area (Å²) in [6, 6.07) is 12.5. The highest BCUT2D eigenvalue weighted by atomic mass is 19.1. The Bertz CT molecular complexity index is 1740. The first-order valence-corrected chi connectivity index (χ1v) is 14.4. The van der Waals surface area contributed by atoms with Crippen LogP contribution in [0, 0.1) is 5.82 Å². The van der Waals surface area contributed by atoms with Crippen molar-refractivity contribution in [2.24, 2.45) is 0 Å². The van der Waals surface area contributed by atoms with Gasteiger partial charge < -0.3 is 9.88 Å². The number of aromatic nitrogens is 4. The molecule has 0 atom stereocenters. The molecule has 0 aliphatic carbocycles. The van der Waals surface area contributed by atoms with Gasteiger partial charge in [0, 0.05) is 10.8 Å². The summed E-state index contributed by atoms with van der Waals surface area (Å²) < 4.78 is 14.0. The molecule has 3 heterocycles. The number of halogens is 1. The number of rotatable bonds is 10. The quantitative estimate of drug-likeness (QED) is 0.214. The fraction of sp³-hybridized carbons (Fsp3) is 0.257. The van der Waals surface area contributed by atoms with Crippen molar-refractivity contribution < 1.29 is 4.39 Å². The van der Waals surface area contributed by atoms with E-state index in [0.29, 0.717) is 11.5 Å². The van der Waals surface area contributed by atoms with Gasteiger partial charge in [0.25, 0.3) is 0 Å². The maximum atomic E-state index is 14.0. The molecule has 0 bridgehead atoms. The van der Waals surface area contributed by atoms with E-state index in [2.05, 4.69) is 51.5 Å². The lowest BCUT2D eigenvalue weighted by atomic mass is 10.00. The zero-order chi connectivity index (χ0) is 28.8. The average Bonchev–Trinajstić information content (AvgIpc) is 3.74. The van der Waals surface area contributed by atoms with E-state index in [9.17, 15) is 4.39 Å². The topological polar surface area (TPSA) is 60.6 Å². The number of benzene rings is 2. The summed E-state index contributed by atoms with van der Waals surface area (Å²) >= 11 is 0. The molecular formula is C35H38FN5. The molecule has 2 N–H and O–H groups in total. The van der Waals surface area contributed by atoms with E-state index in [1.54, 1.807) is 6.07 Å². The van der Waals surface area contributed by atoms with Crippen LogP contribution in [0.3, 0.4) is 0 Å². The number of hydrogen-bond donors (Lipinski definition) is 2. The molecule has 0 unspecified atom stereocenters. The molecule has 41 heavy (non-hydrogen) atoms. The summed E-state index contributed by atoms with van der Waals surface area (Å²) in [5, 5.41) is 9.57. The van der Waals surface area contributed by atoms with Crippen LogP contribution in [0.15, 0.2) is 90.6 Å². The molecular weight excluding hydrogens is 509 g/mol. The minimum atomic E-state index is -0.277. The lowest BCUT2D eigenvalue weighted by Gasteiger charge is -2.14. The van der Waals surface area contributed by atoms with Crippen molar-refractivity contribution >= 4 is 23.2 Å². The maximum Gasteiger partial charge on any atom is 0.159 e. The van der Waals surface area contributed by atoms with Crippen molar-refractivity contribution in [2.75, 3.05) is 19.6 Å². The SMILES string of the molecule is C=C/C(=C\C(=C/C)C(=C)/C=c1/c(-c2nc3c(-c4cccc(F)c4)cccc3[nH]2)n[nH]/c1=C/C)CCCN1CCCC1. The molecule has 2 aromatic heterocycles. The molecule has 1 aliphatic rings. The molecule has 5 rings (SSSR count). The first-order chi connectivity index (χ1) is 20.0. The molecule has 0 radical (unpaired) electrons. The van der Waals surface area contributed by atoms with E-state index in [4.69, 9.17) is 4.98 Å². The molecule has 1 saturated heterocycles. The lowest BCUT2D eigenvalue weighted by molar-refractivity contribution is 0.334. The largest absolute Gasteiger partial charge is 0.337 e. The van der Waals surface area contributed by atoms with Gasteiger partial charge in [0.1, 0.15) is 11.5 Å². The first-order valence-electron chi connectivity index (χ1n) is 14.4. The van der Waals surface area contributed by atoms with Crippen LogP contribution in [0.4, 0.5) is 4.39 Å². The Balaban J connectivity index is 1.46. The van der Waals surface area contributed by atoms with Crippen LogP contribution in [-0.2, 0) is 0 Å². The number of H-pyrrole nitrogens is 2. The number of likely N-dealkylation sites (tertiary alicyclic amines) is 1. The van der Waals surface area contributed by atoms with E-state index in [0.717, 1.165) is 63.3 Å². The third kappa shape index (κ3) is 6.39. The Morgan fingerprint density at radius 2 is 1.93 bits per heavy atom. The zero-order valence-corrected chi connectivity index (χ0v) is 24.0. The molecule has 6 heteroatoms. The molecule has 2 aromatic carbocycles. The van der Waals surface area contributed by atoms with Crippen LogP contribution in [0.2, 0.25) is 0 Å². The fourth-order valence-corrected chi connectivity index (χ4v) is 5.51.